The van der Waals surface area contributed by atoms with Gasteiger partial charge in [-0.05, 0) is 0 Å². The van der Waals surface area contributed by atoms with Crippen LogP contribution in [0.1, 0.15) is 12.8 Å². The van der Waals surface area contributed by atoms with E-state index in [1.54, 1.807) is 0 Å². The average Bonchev–Trinajstić information content (AvgIpc) is 2.61. The van der Waals surface area contributed by atoms with Crippen molar-refractivity contribution in [3.05, 3.63) is 0 Å². The third kappa shape index (κ3) is 12.2. The van der Waals surface area contributed by atoms with Crippen LogP contribution in [0.15, 0.2) is 0 Å². The van der Waals surface area contributed by atoms with Crippen LogP contribution in [0.5, 0.6) is 0 Å². The lowest BCUT2D eigenvalue weighted by Gasteiger charge is -2.25. The fourth-order valence-electron chi connectivity index (χ4n) is 1.96. The molecule has 178 valence electrons. The molecule has 0 bridgehead atoms. The SMILES string of the molecule is O=C(COP(=O)(O)O)C(O)C(O)CC(O)C(O)CC(O)C(O)C(=O)COP(=O)(O)O. The Bertz CT molecular complexity index is 601. The van der Waals surface area contributed by atoms with Gasteiger partial charge in [0.05, 0.1) is 24.4 Å². The number of hydrogen-bond donors (Lipinski definition) is 10. The van der Waals surface area contributed by atoms with Crippen LogP contribution >= 0.6 is 15.6 Å². The topological polar surface area (TPSA) is 289 Å². The first-order chi connectivity index (χ1) is 13.4. The molecule has 0 aliphatic carbocycles. The second-order valence-corrected chi connectivity index (χ2v) is 8.57. The van der Waals surface area contributed by atoms with Gasteiger partial charge in [0.25, 0.3) is 0 Å². The molecule has 6 atom stereocenters. The van der Waals surface area contributed by atoms with Gasteiger partial charge in [0.15, 0.2) is 11.6 Å². The molecule has 0 heterocycles. The molecule has 18 heteroatoms. The number of carbonyl (C=O) groups is 2. The summed E-state index contributed by atoms with van der Waals surface area (Å²) in [5, 5.41) is 57.9. The Hall–Kier alpha value is -0.680. The molecule has 0 radical (unpaired) electrons. The van der Waals surface area contributed by atoms with Crippen LogP contribution in [-0.2, 0) is 27.8 Å². The van der Waals surface area contributed by atoms with E-state index < -0.39 is 89.9 Å². The first-order valence-corrected chi connectivity index (χ1v) is 11.0. The summed E-state index contributed by atoms with van der Waals surface area (Å²) in [6, 6.07) is 0. The first kappa shape index (κ1) is 29.3. The average molecular weight is 486 g/mol. The summed E-state index contributed by atoms with van der Waals surface area (Å²) in [6.07, 6.45) is -14.1. The van der Waals surface area contributed by atoms with Crippen LogP contribution in [-0.4, -0.2) is 112 Å². The van der Waals surface area contributed by atoms with E-state index in [-0.39, 0.29) is 0 Å². The summed E-state index contributed by atoms with van der Waals surface area (Å²) >= 11 is 0. The van der Waals surface area contributed by atoms with Gasteiger partial charge in [0, 0.05) is 12.8 Å². The molecule has 0 aromatic carbocycles. The number of aliphatic hydroxyl groups excluding tert-OH is 6. The Balaban J connectivity index is 4.61. The molecule has 0 saturated carbocycles. The number of phosphoric ester groups is 2. The molecule has 0 amide bonds. The van der Waals surface area contributed by atoms with E-state index in [1.165, 1.54) is 0 Å². The van der Waals surface area contributed by atoms with Crippen molar-refractivity contribution in [3.63, 3.8) is 0 Å². The van der Waals surface area contributed by atoms with Crippen molar-refractivity contribution in [1.29, 1.82) is 0 Å². The summed E-state index contributed by atoms with van der Waals surface area (Å²) in [7, 11) is -10.0. The van der Waals surface area contributed by atoms with Crippen molar-refractivity contribution in [2.24, 2.45) is 0 Å². The van der Waals surface area contributed by atoms with Crippen molar-refractivity contribution in [2.75, 3.05) is 13.2 Å². The molecule has 0 saturated heterocycles. The van der Waals surface area contributed by atoms with E-state index in [4.69, 9.17) is 19.6 Å². The van der Waals surface area contributed by atoms with E-state index in [9.17, 15) is 49.4 Å². The lowest BCUT2D eigenvalue weighted by molar-refractivity contribution is -0.140. The maximum absolute atomic E-state index is 11.5. The third-order valence-corrected chi connectivity index (χ3v) is 4.48. The maximum Gasteiger partial charge on any atom is 0.470 e. The minimum absolute atomic E-state index is 0.873. The molecule has 16 nitrogen and oxygen atoms in total. The second-order valence-electron chi connectivity index (χ2n) is 6.09. The van der Waals surface area contributed by atoms with Crippen molar-refractivity contribution in [2.45, 2.75) is 49.5 Å². The second kappa shape index (κ2) is 12.4. The summed E-state index contributed by atoms with van der Waals surface area (Å²) in [5.41, 5.74) is 0. The Morgan fingerprint density at radius 3 is 1.10 bits per heavy atom. The zero-order valence-electron chi connectivity index (χ0n) is 15.1. The highest BCUT2D eigenvalue weighted by atomic mass is 31.2. The maximum atomic E-state index is 11.5. The van der Waals surface area contributed by atoms with E-state index in [0.717, 1.165) is 0 Å². The van der Waals surface area contributed by atoms with Crippen LogP contribution in [0.25, 0.3) is 0 Å². The Morgan fingerprint density at radius 2 is 0.867 bits per heavy atom. The van der Waals surface area contributed by atoms with Gasteiger partial charge in [-0.2, -0.15) is 0 Å². The minimum atomic E-state index is -5.02. The molecule has 0 aromatic heterocycles. The Labute approximate surface area is 168 Å². The van der Waals surface area contributed by atoms with E-state index in [1.807, 2.05) is 0 Å². The molecule has 0 fully saturated rings. The zero-order valence-corrected chi connectivity index (χ0v) is 16.9. The van der Waals surface area contributed by atoms with Gasteiger partial charge in [-0.15, -0.1) is 0 Å². The highest BCUT2D eigenvalue weighted by Crippen LogP contribution is 2.36. The molecular formula is C12H24O16P2. The fourth-order valence-corrected chi connectivity index (χ4v) is 2.55. The van der Waals surface area contributed by atoms with Crippen LogP contribution < -0.4 is 0 Å². The van der Waals surface area contributed by atoms with Crippen LogP contribution in [0.3, 0.4) is 0 Å². The number of rotatable bonds is 15. The smallest absolute Gasteiger partial charge is 0.390 e. The minimum Gasteiger partial charge on any atom is -0.390 e. The first-order valence-electron chi connectivity index (χ1n) is 7.98. The molecule has 0 spiro atoms. The fraction of sp³-hybridized carbons (Fsp3) is 0.833. The monoisotopic (exact) mass is 486 g/mol. The quantitative estimate of drug-likeness (QED) is 0.0972. The molecule has 0 aliphatic rings. The van der Waals surface area contributed by atoms with E-state index in [0.29, 0.717) is 0 Å². The van der Waals surface area contributed by atoms with Gasteiger partial charge < -0.3 is 50.2 Å². The normalized spacial score (nSPS) is 18.9. The standard InChI is InChI=1S/C12H24O16P2/c13-5(1-7(15)11(19)9(17)3-27-29(21,22)23)6(14)2-8(16)12(20)10(18)4-28-30(24,25)26/h5-8,11-16,19-20H,1-4H2,(H2,21,22,23)(H2,24,25,26). The predicted octanol–water partition coefficient (Wildman–Crippen LogP) is -4.71. The number of Topliss-reactive ketones (excluding diaryl/α,β-unsaturated/α-hetero) is 2. The lowest BCUT2D eigenvalue weighted by atomic mass is 9.95. The highest BCUT2D eigenvalue weighted by molar-refractivity contribution is 7.46. The molecule has 6 unspecified atom stereocenters. The molecule has 10 N–H and O–H groups in total. The van der Waals surface area contributed by atoms with Gasteiger partial charge in [-0.3, -0.25) is 18.6 Å². The zero-order chi connectivity index (χ0) is 23.9. The van der Waals surface area contributed by atoms with Crippen molar-refractivity contribution in [1.82, 2.24) is 0 Å². The summed E-state index contributed by atoms with van der Waals surface area (Å²) < 4.78 is 28.6. The van der Waals surface area contributed by atoms with E-state index in [2.05, 4.69) is 9.05 Å². The Kier molecular flexibility index (Phi) is 12.1. The number of ketones is 2. The van der Waals surface area contributed by atoms with Crippen molar-refractivity contribution < 1.29 is 78.0 Å². The molecule has 0 aliphatic heterocycles. The van der Waals surface area contributed by atoms with Gasteiger partial charge >= 0.3 is 15.6 Å². The number of aliphatic hydroxyl groups is 6. The summed E-state index contributed by atoms with van der Waals surface area (Å²) in [4.78, 5) is 56.7. The van der Waals surface area contributed by atoms with Crippen molar-refractivity contribution in [3.8, 4) is 0 Å². The summed E-state index contributed by atoms with van der Waals surface area (Å²) in [6.45, 7) is -2.52. The van der Waals surface area contributed by atoms with Crippen LogP contribution in [0.2, 0.25) is 0 Å². The van der Waals surface area contributed by atoms with Crippen LogP contribution in [0.4, 0.5) is 0 Å². The molecule has 0 rings (SSSR count). The summed E-state index contributed by atoms with van der Waals surface area (Å²) in [5.74, 6) is -2.70. The lowest BCUT2D eigenvalue weighted by Crippen LogP contribution is -2.43. The van der Waals surface area contributed by atoms with Gasteiger partial charge in [-0.25, -0.2) is 9.13 Å². The van der Waals surface area contributed by atoms with E-state index >= 15 is 0 Å². The Morgan fingerprint density at radius 1 is 0.600 bits per heavy atom. The van der Waals surface area contributed by atoms with Crippen molar-refractivity contribution >= 4 is 27.2 Å². The molecule has 30 heavy (non-hydrogen) atoms. The van der Waals surface area contributed by atoms with Gasteiger partial charge in [0.1, 0.15) is 25.4 Å². The highest BCUT2D eigenvalue weighted by Gasteiger charge is 2.33. The number of carbonyl (C=O) groups excluding carboxylic acids is 2. The van der Waals surface area contributed by atoms with Crippen LogP contribution in [0, 0.1) is 0 Å². The number of hydrogen-bond acceptors (Lipinski definition) is 12. The predicted molar refractivity (Wildman–Crippen MR) is 91.3 cm³/mol. The van der Waals surface area contributed by atoms with Gasteiger partial charge in [-0.1, -0.05) is 0 Å². The number of phosphoric acid groups is 2. The van der Waals surface area contributed by atoms with Gasteiger partial charge in [0.2, 0.25) is 0 Å². The molecule has 0 aromatic rings. The largest absolute Gasteiger partial charge is 0.470 e. The molecular weight excluding hydrogens is 462 g/mol. The third-order valence-electron chi connectivity index (χ3n) is 3.55.